The Morgan fingerprint density at radius 1 is 1.29 bits per heavy atom. The zero-order valence-electron chi connectivity index (χ0n) is 10.0. The second kappa shape index (κ2) is 4.57. The van der Waals surface area contributed by atoms with Crippen molar-refractivity contribution in [2.24, 2.45) is 0 Å². The molecule has 0 radical (unpaired) electrons. The van der Waals surface area contributed by atoms with Crippen LogP contribution >= 0.6 is 11.8 Å². The minimum absolute atomic E-state index is 0.972. The van der Waals surface area contributed by atoms with E-state index in [4.69, 9.17) is 5.10 Å². The maximum atomic E-state index is 4.78. The van der Waals surface area contributed by atoms with Crippen LogP contribution < -0.4 is 0 Å². The third-order valence-corrected chi connectivity index (χ3v) is 4.23. The van der Waals surface area contributed by atoms with Crippen LogP contribution in [0.4, 0.5) is 0 Å². The topological polar surface area (TPSA) is 17.8 Å². The highest BCUT2D eigenvalue weighted by molar-refractivity contribution is 7.98. The van der Waals surface area contributed by atoms with Crippen molar-refractivity contribution in [1.82, 2.24) is 9.78 Å². The second-order valence-electron chi connectivity index (χ2n) is 4.26. The Morgan fingerprint density at radius 2 is 2.12 bits per heavy atom. The van der Waals surface area contributed by atoms with E-state index in [0.717, 1.165) is 18.7 Å². The lowest BCUT2D eigenvalue weighted by atomic mass is 10.1. The van der Waals surface area contributed by atoms with Gasteiger partial charge in [-0.2, -0.15) is 16.9 Å². The van der Waals surface area contributed by atoms with Crippen molar-refractivity contribution in [3.8, 4) is 11.3 Å². The molecule has 17 heavy (non-hydrogen) atoms. The average Bonchev–Trinajstić information content (AvgIpc) is 2.78. The van der Waals surface area contributed by atoms with Gasteiger partial charge in [-0.05, 0) is 19.1 Å². The van der Waals surface area contributed by atoms with Crippen molar-refractivity contribution < 1.29 is 0 Å². The summed E-state index contributed by atoms with van der Waals surface area (Å²) in [5, 5.41) is 4.78. The fourth-order valence-electron chi connectivity index (χ4n) is 2.40. The number of rotatable bonds is 2. The van der Waals surface area contributed by atoms with Gasteiger partial charge in [-0.1, -0.05) is 30.3 Å². The quantitative estimate of drug-likeness (QED) is 0.806. The normalized spacial score (nSPS) is 14.6. The summed E-state index contributed by atoms with van der Waals surface area (Å²) < 4.78 is 2.18. The predicted octanol–water partition coefficient (Wildman–Crippen LogP) is 3.36. The van der Waals surface area contributed by atoms with E-state index in [1.54, 1.807) is 0 Å². The number of aryl methyl sites for hydroxylation is 1. The number of hydrogen-bond donors (Lipinski definition) is 0. The number of nitrogens with zero attached hydrogens (tertiary/aromatic N) is 2. The summed E-state index contributed by atoms with van der Waals surface area (Å²) in [4.78, 5) is 0. The highest BCUT2D eigenvalue weighted by atomic mass is 32.2. The van der Waals surface area contributed by atoms with Gasteiger partial charge in [0.15, 0.2) is 0 Å². The maximum Gasteiger partial charge on any atom is 0.0966 e. The van der Waals surface area contributed by atoms with Gasteiger partial charge in [-0.3, -0.25) is 4.68 Å². The molecule has 0 spiro atoms. The summed E-state index contributed by atoms with van der Waals surface area (Å²) >= 11 is 2.02. The van der Waals surface area contributed by atoms with Crippen molar-refractivity contribution in [1.29, 1.82) is 0 Å². The summed E-state index contributed by atoms with van der Waals surface area (Å²) in [6.07, 6.45) is 1.16. The number of aromatic nitrogens is 2. The molecule has 1 aliphatic rings. The molecule has 2 heterocycles. The second-order valence-corrected chi connectivity index (χ2v) is 5.36. The third kappa shape index (κ3) is 1.89. The molecule has 0 bridgehead atoms. The van der Waals surface area contributed by atoms with Crippen molar-refractivity contribution in [2.75, 3.05) is 5.75 Å². The smallest absolute Gasteiger partial charge is 0.0966 e. The monoisotopic (exact) mass is 244 g/mol. The van der Waals surface area contributed by atoms with E-state index in [1.807, 2.05) is 11.8 Å². The van der Waals surface area contributed by atoms with Gasteiger partial charge in [-0.15, -0.1) is 0 Å². The lowest BCUT2D eigenvalue weighted by Gasteiger charge is -2.13. The molecule has 0 saturated carbocycles. The standard InChI is InChI=1S/C14H16N2S/c1-2-16-13-8-9-17-10-12(13)14(15-16)11-6-4-3-5-7-11/h3-7H,2,8-10H2,1H3. The molecule has 88 valence electrons. The highest BCUT2D eigenvalue weighted by Gasteiger charge is 2.20. The number of fused-ring (bicyclic) bond motifs is 1. The number of benzene rings is 1. The Kier molecular flexibility index (Phi) is 2.93. The molecule has 3 heteroatoms. The van der Waals surface area contributed by atoms with Crippen molar-refractivity contribution >= 4 is 11.8 Å². The summed E-state index contributed by atoms with van der Waals surface area (Å²) in [5.41, 5.74) is 5.34. The molecule has 1 aromatic heterocycles. The molecule has 0 unspecified atom stereocenters. The van der Waals surface area contributed by atoms with Crippen LogP contribution in [0.3, 0.4) is 0 Å². The van der Waals surface area contributed by atoms with Crippen LogP contribution in [0.1, 0.15) is 18.2 Å². The zero-order valence-corrected chi connectivity index (χ0v) is 10.8. The van der Waals surface area contributed by atoms with E-state index >= 15 is 0 Å². The van der Waals surface area contributed by atoms with Gasteiger partial charge in [0.2, 0.25) is 0 Å². The largest absolute Gasteiger partial charge is 0.269 e. The molecule has 2 aromatic rings. The van der Waals surface area contributed by atoms with Crippen LogP contribution in [-0.2, 0) is 18.7 Å². The molecule has 1 aromatic carbocycles. The minimum atomic E-state index is 0.972. The molecule has 0 N–H and O–H groups in total. The van der Waals surface area contributed by atoms with Crippen LogP contribution in [-0.4, -0.2) is 15.5 Å². The maximum absolute atomic E-state index is 4.78. The van der Waals surface area contributed by atoms with E-state index < -0.39 is 0 Å². The van der Waals surface area contributed by atoms with Gasteiger partial charge in [0.1, 0.15) is 0 Å². The molecular weight excluding hydrogens is 228 g/mol. The van der Waals surface area contributed by atoms with Gasteiger partial charge in [0.25, 0.3) is 0 Å². The first-order chi connectivity index (χ1) is 8.40. The van der Waals surface area contributed by atoms with E-state index in [1.165, 1.54) is 28.3 Å². The van der Waals surface area contributed by atoms with Crippen molar-refractivity contribution in [3.63, 3.8) is 0 Å². The van der Waals surface area contributed by atoms with Crippen LogP contribution in [0.15, 0.2) is 30.3 Å². The molecule has 3 rings (SSSR count). The number of hydrogen-bond acceptors (Lipinski definition) is 2. The first kappa shape index (κ1) is 10.9. The summed E-state index contributed by atoms with van der Waals surface area (Å²) in [7, 11) is 0. The van der Waals surface area contributed by atoms with Gasteiger partial charge in [0.05, 0.1) is 5.69 Å². The van der Waals surface area contributed by atoms with E-state index in [2.05, 4.69) is 41.9 Å². The van der Waals surface area contributed by atoms with Crippen LogP contribution in [0.25, 0.3) is 11.3 Å². The van der Waals surface area contributed by atoms with Gasteiger partial charge >= 0.3 is 0 Å². The molecule has 0 fully saturated rings. The van der Waals surface area contributed by atoms with Crippen LogP contribution in [0, 0.1) is 0 Å². The molecule has 1 aliphatic heterocycles. The van der Waals surface area contributed by atoms with Crippen molar-refractivity contribution in [2.45, 2.75) is 25.6 Å². The lowest BCUT2D eigenvalue weighted by molar-refractivity contribution is 0.626. The Hall–Kier alpha value is -1.22. The fraction of sp³-hybridized carbons (Fsp3) is 0.357. The molecule has 0 saturated heterocycles. The van der Waals surface area contributed by atoms with Crippen LogP contribution in [0.2, 0.25) is 0 Å². The molecule has 0 atom stereocenters. The van der Waals surface area contributed by atoms with E-state index in [9.17, 15) is 0 Å². The van der Waals surface area contributed by atoms with Gasteiger partial charge in [0, 0.05) is 29.1 Å². The highest BCUT2D eigenvalue weighted by Crippen LogP contribution is 2.32. The molecule has 0 amide bonds. The number of thioether (sulfide) groups is 1. The minimum Gasteiger partial charge on any atom is -0.269 e. The molecule has 0 aliphatic carbocycles. The SMILES string of the molecule is CCn1nc(-c2ccccc2)c2c1CCSC2. The van der Waals surface area contributed by atoms with Crippen LogP contribution in [0.5, 0.6) is 0 Å². The first-order valence-electron chi connectivity index (χ1n) is 6.12. The molecular formula is C14H16N2S. The predicted molar refractivity (Wildman–Crippen MR) is 73.2 cm³/mol. The molecule has 2 nitrogen and oxygen atoms in total. The fourth-order valence-corrected chi connectivity index (χ4v) is 3.39. The van der Waals surface area contributed by atoms with Gasteiger partial charge in [-0.25, -0.2) is 0 Å². The zero-order chi connectivity index (χ0) is 11.7. The summed E-state index contributed by atoms with van der Waals surface area (Å²) in [5.74, 6) is 2.34. The third-order valence-electron chi connectivity index (χ3n) is 3.24. The van der Waals surface area contributed by atoms with E-state index in [0.29, 0.717) is 0 Å². The Bertz CT molecular complexity index is 517. The van der Waals surface area contributed by atoms with Gasteiger partial charge < -0.3 is 0 Å². The summed E-state index contributed by atoms with van der Waals surface area (Å²) in [6.45, 7) is 3.14. The first-order valence-corrected chi connectivity index (χ1v) is 7.27. The Morgan fingerprint density at radius 3 is 2.88 bits per heavy atom. The summed E-state index contributed by atoms with van der Waals surface area (Å²) in [6, 6.07) is 10.5. The Balaban J connectivity index is 2.14. The average molecular weight is 244 g/mol. The Labute approximate surface area is 106 Å². The lowest BCUT2D eigenvalue weighted by Crippen LogP contribution is -2.08. The van der Waals surface area contributed by atoms with E-state index in [-0.39, 0.29) is 0 Å². The van der Waals surface area contributed by atoms with Crippen molar-refractivity contribution in [3.05, 3.63) is 41.6 Å².